The average molecular weight is 553 g/mol. The van der Waals surface area contributed by atoms with Crippen molar-refractivity contribution in [1.29, 1.82) is 0 Å². The highest BCUT2D eigenvalue weighted by Crippen LogP contribution is 2.44. The van der Waals surface area contributed by atoms with Crippen LogP contribution in [0.4, 0.5) is 13.6 Å². The molecule has 3 aromatic rings. The van der Waals surface area contributed by atoms with Gasteiger partial charge >= 0.3 is 12.1 Å². The van der Waals surface area contributed by atoms with Gasteiger partial charge < -0.3 is 25.2 Å². The molecule has 0 saturated carbocycles. The molecule has 3 atom stereocenters. The van der Waals surface area contributed by atoms with Crippen LogP contribution >= 0.6 is 0 Å². The first-order valence-electron chi connectivity index (χ1n) is 12.8. The first-order valence-corrected chi connectivity index (χ1v) is 12.8. The highest BCUT2D eigenvalue weighted by molar-refractivity contribution is 5.89. The maximum atomic E-state index is 13.3. The van der Waals surface area contributed by atoms with Crippen LogP contribution in [0.1, 0.15) is 36.0 Å². The lowest BCUT2D eigenvalue weighted by Crippen LogP contribution is -2.55. The maximum Gasteiger partial charge on any atom is 0.407 e. The molecular weight excluding hydrogens is 522 g/mol. The third-order valence-electron chi connectivity index (χ3n) is 6.76. The van der Waals surface area contributed by atoms with Gasteiger partial charge in [-0.2, -0.15) is 0 Å². The van der Waals surface area contributed by atoms with Gasteiger partial charge in [-0.1, -0.05) is 78.9 Å². The number of ether oxygens (including phenoxy) is 2. The fraction of sp³-hybridized carbons (Fsp3) is 0.300. The van der Waals surface area contributed by atoms with Crippen LogP contribution in [0, 0.1) is 0 Å². The second-order valence-electron chi connectivity index (χ2n) is 9.48. The summed E-state index contributed by atoms with van der Waals surface area (Å²) in [5.74, 6) is -2.76. The Hall–Kier alpha value is -4.31. The van der Waals surface area contributed by atoms with Crippen LogP contribution < -0.4 is 10.6 Å². The van der Waals surface area contributed by atoms with Crippen molar-refractivity contribution in [3.8, 4) is 11.1 Å². The third kappa shape index (κ3) is 7.01. The molecule has 0 radical (unpaired) electrons. The summed E-state index contributed by atoms with van der Waals surface area (Å²) in [5, 5.41) is 14.0. The molecule has 0 aromatic heterocycles. The van der Waals surface area contributed by atoms with Crippen molar-refractivity contribution in [1.82, 2.24) is 10.6 Å². The van der Waals surface area contributed by atoms with Crippen molar-refractivity contribution >= 4 is 18.0 Å². The van der Waals surface area contributed by atoms with Crippen LogP contribution in [0.2, 0.25) is 0 Å². The molecule has 8 nitrogen and oxygen atoms in total. The van der Waals surface area contributed by atoms with Crippen LogP contribution in [0.5, 0.6) is 0 Å². The molecule has 0 fully saturated rings. The second kappa shape index (κ2) is 13.2. The lowest BCUT2D eigenvalue weighted by molar-refractivity contribution is -0.147. The number of carboxylic acids is 1. The Bertz CT molecular complexity index is 1290. The quantitative estimate of drug-likeness (QED) is 0.300. The van der Waals surface area contributed by atoms with Crippen LogP contribution in [0.25, 0.3) is 11.1 Å². The minimum Gasteiger partial charge on any atom is -0.480 e. The molecule has 1 unspecified atom stereocenters. The van der Waals surface area contributed by atoms with E-state index in [1.54, 1.807) is 24.3 Å². The van der Waals surface area contributed by atoms with Gasteiger partial charge in [0.1, 0.15) is 12.6 Å². The summed E-state index contributed by atoms with van der Waals surface area (Å²) in [6.07, 6.45) is -6.03. The zero-order valence-corrected chi connectivity index (χ0v) is 21.8. The Morgan fingerprint density at radius 2 is 1.45 bits per heavy atom. The summed E-state index contributed by atoms with van der Waals surface area (Å²) in [5.41, 5.74) is 4.76. The molecule has 1 aliphatic rings. The second-order valence-corrected chi connectivity index (χ2v) is 9.48. The van der Waals surface area contributed by atoms with Crippen LogP contribution in [0.15, 0.2) is 78.9 Å². The number of benzene rings is 3. The van der Waals surface area contributed by atoms with Gasteiger partial charge in [-0.25, -0.2) is 18.4 Å². The standard InChI is InChI=1S/C30H30F2N2O6/c1-18(39-16-19-9-3-2-4-10-19)27(29(36)37)34-28(35)25(15-26(31)32)33-30(38)40-17-24-22-13-7-5-11-20(22)21-12-6-8-14-23(21)24/h2-14,18,24-27H,15-17H2,1H3,(H,33,38)(H,34,35)(H,36,37)/t18-,25?,27+/m1/s1. The molecule has 2 amide bonds. The topological polar surface area (TPSA) is 114 Å². The van der Waals surface area contributed by atoms with Crippen molar-refractivity contribution in [3.05, 3.63) is 95.6 Å². The SMILES string of the molecule is C[C@@H](OCc1ccccc1)[C@H](NC(=O)C(CC(F)F)NC(=O)OCC1c2ccccc2-c2ccccc21)C(=O)O. The summed E-state index contributed by atoms with van der Waals surface area (Å²) in [6.45, 7) is 1.45. The van der Waals surface area contributed by atoms with Crippen molar-refractivity contribution in [2.24, 2.45) is 0 Å². The molecule has 4 rings (SSSR count). The predicted octanol–water partition coefficient (Wildman–Crippen LogP) is 4.72. The smallest absolute Gasteiger partial charge is 0.407 e. The number of hydrogen-bond donors (Lipinski definition) is 3. The molecule has 0 bridgehead atoms. The number of nitrogens with one attached hydrogen (secondary N) is 2. The number of amides is 2. The van der Waals surface area contributed by atoms with E-state index in [9.17, 15) is 28.3 Å². The molecule has 3 aromatic carbocycles. The molecule has 0 saturated heterocycles. The minimum absolute atomic E-state index is 0.0784. The van der Waals surface area contributed by atoms with Gasteiger partial charge in [0.15, 0.2) is 6.04 Å². The van der Waals surface area contributed by atoms with E-state index in [2.05, 4.69) is 10.6 Å². The number of carbonyl (C=O) groups is 3. The van der Waals surface area contributed by atoms with Gasteiger partial charge in [-0.15, -0.1) is 0 Å². The lowest BCUT2D eigenvalue weighted by Gasteiger charge is -2.25. The summed E-state index contributed by atoms with van der Waals surface area (Å²) in [4.78, 5) is 37.3. The van der Waals surface area contributed by atoms with Crippen molar-refractivity contribution < 1.29 is 37.7 Å². The fourth-order valence-electron chi connectivity index (χ4n) is 4.72. The average Bonchev–Trinajstić information content (AvgIpc) is 3.26. The molecule has 0 spiro atoms. The third-order valence-corrected chi connectivity index (χ3v) is 6.76. The molecule has 40 heavy (non-hydrogen) atoms. The van der Waals surface area contributed by atoms with E-state index in [0.29, 0.717) is 0 Å². The minimum atomic E-state index is -2.94. The monoisotopic (exact) mass is 552 g/mol. The Morgan fingerprint density at radius 1 is 0.875 bits per heavy atom. The van der Waals surface area contributed by atoms with E-state index in [4.69, 9.17) is 9.47 Å². The van der Waals surface area contributed by atoms with Gasteiger partial charge in [0.2, 0.25) is 12.3 Å². The highest BCUT2D eigenvalue weighted by atomic mass is 19.3. The molecule has 10 heteroatoms. The van der Waals surface area contributed by atoms with Gasteiger partial charge in [-0.05, 0) is 34.7 Å². The summed E-state index contributed by atoms with van der Waals surface area (Å²) in [6, 6.07) is 21.1. The molecule has 3 N–H and O–H groups in total. The Kier molecular flexibility index (Phi) is 9.44. The number of alkyl halides is 2. The molecular formula is C30H30F2N2O6. The summed E-state index contributed by atoms with van der Waals surface area (Å²) in [7, 11) is 0. The van der Waals surface area contributed by atoms with Crippen LogP contribution in [-0.4, -0.2) is 54.3 Å². The number of aliphatic carboxylic acids is 1. The van der Waals surface area contributed by atoms with Gasteiger partial charge in [0, 0.05) is 12.3 Å². The van der Waals surface area contributed by atoms with Crippen LogP contribution in [-0.2, 0) is 25.7 Å². The zero-order chi connectivity index (χ0) is 28.6. The number of fused-ring (bicyclic) bond motifs is 3. The highest BCUT2D eigenvalue weighted by Gasteiger charge is 2.33. The normalized spacial score (nSPS) is 14.5. The number of carboxylic acid groups (broad SMARTS) is 1. The number of carbonyl (C=O) groups excluding carboxylic acids is 2. The van der Waals surface area contributed by atoms with Gasteiger partial charge in [-0.3, -0.25) is 4.79 Å². The van der Waals surface area contributed by atoms with E-state index in [1.807, 2.05) is 54.6 Å². The predicted molar refractivity (Wildman–Crippen MR) is 143 cm³/mol. The van der Waals surface area contributed by atoms with E-state index in [1.165, 1.54) is 6.92 Å². The van der Waals surface area contributed by atoms with E-state index >= 15 is 0 Å². The largest absolute Gasteiger partial charge is 0.480 e. The van der Waals surface area contributed by atoms with Crippen molar-refractivity contribution in [2.45, 2.75) is 50.5 Å². The Morgan fingerprint density at radius 3 is 2.02 bits per heavy atom. The number of halogens is 2. The molecule has 0 heterocycles. The summed E-state index contributed by atoms with van der Waals surface area (Å²) < 4.78 is 37.6. The summed E-state index contributed by atoms with van der Waals surface area (Å²) >= 11 is 0. The molecule has 210 valence electrons. The zero-order valence-electron chi connectivity index (χ0n) is 21.8. The number of alkyl carbamates (subject to hydrolysis) is 1. The first kappa shape index (κ1) is 28.7. The molecule has 1 aliphatic carbocycles. The molecule has 0 aliphatic heterocycles. The van der Waals surface area contributed by atoms with Gasteiger partial charge in [0.25, 0.3) is 0 Å². The first-order chi connectivity index (χ1) is 19.2. The fourth-order valence-corrected chi connectivity index (χ4v) is 4.72. The van der Waals surface area contributed by atoms with Crippen molar-refractivity contribution in [3.63, 3.8) is 0 Å². The van der Waals surface area contributed by atoms with E-state index in [0.717, 1.165) is 27.8 Å². The lowest BCUT2D eigenvalue weighted by atomic mass is 9.98. The van der Waals surface area contributed by atoms with Gasteiger partial charge in [0.05, 0.1) is 12.7 Å². The Labute approximate surface area is 230 Å². The number of hydrogen-bond acceptors (Lipinski definition) is 5. The van der Waals surface area contributed by atoms with Crippen molar-refractivity contribution in [2.75, 3.05) is 6.61 Å². The van der Waals surface area contributed by atoms with E-state index < -0.39 is 49.0 Å². The van der Waals surface area contributed by atoms with Crippen LogP contribution in [0.3, 0.4) is 0 Å². The van der Waals surface area contributed by atoms with E-state index in [-0.39, 0.29) is 19.1 Å². The Balaban J connectivity index is 1.38. The maximum absolute atomic E-state index is 13.3. The number of rotatable bonds is 12.